The summed E-state index contributed by atoms with van der Waals surface area (Å²) in [7, 11) is 0. The van der Waals surface area contributed by atoms with Gasteiger partial charge >= 0.3 is 12.0 Å². The Hall–Kier alpha value is -3.64. The first-order valence-corrected chi connectivity index (χ1v) is 10.0. The van der Waals surface area contributed by atoms with Crippen molar-refractivity contribution in [3.8, 4) is 23.0 Å². The second kappa shape index (κ2) is 8.24. The molecular formula is C24H20ClN3O3. The number of allylic oxidation sites excluding steroid dienone is 1. The number of pyridine rings is 1. The fourth-order valence-corrected chi connectivity index (χ4v) is 3.48. The van der Waals surface area contributed by atoms with Gasteiger partial charge in [0.05, 0.1) is 21.8 Å². The van der Waals surface area contributed by atoms with Crippen molar-refractivity contribution in [2.24, 2.45) is 0 Å². The summed E-state index contributed by atoms with van der Waals surface area (Å²) in [5, 5.41) is 9.78. The number of hydrogen-bond acceptors (Lipinski definition) is 4. The van der Waals surface area contributed by atoms with Gasteiger partial charge in [0.1, 0.15) is 5.75 Å². The van der Waals surface area contributed by atoms with Crippen molar-refractivity contribution in [1.82, 2.24) is 15.0 Å². The number of nitrogens with zero attached hydrogens (tertiary/aromatic N) is 2. The van der Waals surface area contributed by atoms with Crippen molar-refractivity contribution in [2.75, 3.05) is 0 Å². The summed E-state index contributed by atoms with van der Waals surface area (Å²) < 4.78 is 5.73. The lowest BCUT2D eigenvalue weighted by Crippen LogP contribution is -2.00. The Morgan fingerprint density at radius 2 is 1.84 bits per heavy atom. The number of halogens is 1. The minimum absolute atomic E-state index is 0.175. The Labute approximate surface area is 184 Å². The highest BCUT2D eigenvalue weighted by Crippen LogP contribution is 2.31. The topological polar surface area (TPSA) is 88.1 Å². The van der Waals surface area contributed by atoms with Crippen molar-refractivity contribution in [2.45, 2.75) is 20.8 Å². The highest BCUT2D eigenvalue weighted by atomic mass is 35.5. The zero-order valence-corrected chi connectivity index (χ0v) is 18.0. The van der Waals surface area contributed by atoms with Crippen molar-refractivity contribution < 1.29 is 14.6 Å². The minimum atomic E-state index is -1.01. The molecule has 2 aromatic carbocycles. The molecule has 7 heteroatoms. The van der Waals surface area contributed by atoms with Gasteiger partial charge in [0, 0.05) is 5.56 Å². The lowest BCUT2D eigenvalue weighted by Gasteiger charge is -2.05. The lowest BCUT2D eigenvalue weighted by atomic mass is 10.1. The molecule has 0 aliphatic rings. The summed E-state index contributed by atoms with van der Waals surface area (Å²) in [6, 6.07) is 14.8. The van der Waals surface area contributed by atoms with Crippen LogP contribution in [0.4, 0.5) is 0 Å². The third kappa shape index (κ3) is 4.44. The van der Waals surface area contributed by atoms with Gasteiger partial charge in [0.25, 0.3) is 0 Å². The molecule has 0 aliphatic carbocycles. The highest BCUT2D eigenvalue weighted by Gasteiger charge is 2.14. The number of carbonyl (C=O) groups is 1. The minimum Gasteiger partial charge on any atom is -0.478 e. The second-order valence-corrected chi connectivity index (χ2v) is 7.87. The maximum atomic E-state index is 11.3. The fraction of sp³-hybridized carbons (Fsp3) is 0.125. The molecule has 0 unspecified atom stereocenters. The molecule has 0 amide bonds. The number of fused-ring (bicyclic) bond motifs is 1. The van der Waals surface area contributed by atoms with E-state index in [2.05, 4.69) is 34.9 Å². The first kappa shape index (κ1) is 20.6. The van der Waals surface area contributed by atoms with E-state index in [1.165, 1.54) is 11.6 Å². The molecule has 2 aromatic heterocycles. The number of aromatic amines is 1. The Bertz CT molecular complexity index is 1320. The predicted molar refractivity (Wildman–Crippen MR) is 122 cm³/mol. The average molecular weight is 434 g/mol. The summed E-state index contributed by atoms with van der Waals surface area (Å²) in [6.45, 7) is 5.83. The Morgan fingerprint density at radius 3 is 2.52 bits per heavy atom. The molecule has 0 saturated carbocycles. The number of carboxylic acids is 1. The number of aryl methyl sites for hydroxylation is 1. The molecular weight excluding hydrogens is 414 g/mol. The zero-order valence-electron chi connectivity index (χ0n) is 17.2. The van der Waals surface area contributed by atoms with Gasteiger partial charge in [-0.25, -0.2) is 9.78 Å². The number of rotatable bonds is 5. The van der Waals surface area contributed by atoms with Crippen LogP contribution in [0.1, 0.15) is 35.3 Å². The number of aromatic carboxylic acids is 1. The summed E-state index contributed by atoms with van der Waals surface area (Å²) in [6.07, 6.45) is 2.10. The van der Waals surface area contributed by atoms with Crippen LogP contribution in [-0.2, 0) is 0 Å². The smallest absolute Gasteiger partial charge is 0.336 e. The molecule has 156 valence electrons. The molecule has 2 N–H and O–H groups in total. The number of H-pyrrole nitrogens is 1. The molecule has 0 bridgehead atoms. The molecule has 2 heterocycles. The summed E-state index contributed by atoms with van der Waals surface area (Å²) >= 11 is 6.48. The number of imidazole rings is 1. The fourth-order valence-electron chi connectivity index (χ4n) is 3.22. The monoisotopic (exact) mass is 433 g/mol. The quantitative estimate of drug-likeness (QED) is 0.375. The van der Waals surface area contributed by atoms with Crippen molar-refractivity contribution in [3.05, 3.63) is 75.8 Å². The van der Waals surface area contributed by atoms with E-state index in [-0.39, 0.29) is 11.6 Å². The van der Waals surface area contributed by atoms with Crippen LogP contribution in [0.2, 0.25) is 5.02 Å². The van der Waals surface area contributed by atoms with Crippen LogP contribution in [-0.4, -0.2) is 26.0 Å². The standard InChI is InChI=1S/C24H20ClN3O3/c1-13(2)10-15-5-7-16(8-6-15)21-19(25)12-20-22(27-21)28-24(26-20)31-17-9-4-14(3)18(11-17)23(29)30/h4-12H,1-3H3,(H,29,30)(H,26,27,28). The van der Waals surface area contributed by atoms with Crippen molar-refractivity contribution in [1.29, 1.82) is 0 Å². The van der Waals surface area contributed by atoms with E-state index in [1.807, 2.05) is 24.3 Å². The van der Waals surface area contributed by atoms with Gasteiger partial charge in [-0.2, -0.15) is 4.98 Å². The predicted octanol–water partition coefficient (Wildman–Crippen LogP) is 6.50. The molecule has 0 spiro atoms. The molecule has 0 fully saturated rings. The van der Waals surface area contributed by atoms with Gasteiger partial charge in [-0.15, -0.1) is 0 Å². The van der Waals surface area contributed by atoms with E-state index < -0.39 is 5.97 Å². The van der Waals surface area contributed by atoms with Gasteiger partial charge in [-0.1, -0.05) is 53.6 Å². The number of hydrogen-bond donors (Lipinski definition) is 2. The number of nitrogens with one attached hydrogen (secondary N) is 1. The Morgan fingerprint density at radius 1 is 1.10 bits per heavy atom. The number of carboxylic acid groups (broad SMARTS) is 1. The van der Waals surface area contributed by atoms with E-state index in [0.717, 1.165) is 11.1 Å². The van der Waals surface area contributed by atoms with Crippen LogP contribution < -0.4 is 4.74 Å². The van der Waals surface area contributed by atoms with Gasteiger partial charge in [-0.05, 0) is 50.1 Å². The van der Waals surface area contributed by atoms with Crippen LogP contribution in [0.25, 0.3) is 28.5 Å². The lowest BCUT2D eigenvalue weighted by molar-refractivity contribution is 0.0695. The zero-order chi connectivity index (χ0) is 22.1. The van der Waals surface area contributed by atoms with Crippen LogP contribution in [0.5, 0.6) is 11.8 Å². The maximum absolute atomic E-state index is 11.3. The van der Waals surface area contributed by atoms with E-state index in [9.17, 15) is 9.90 Å². The van der Waals surface area contributed by atoms with E-state index in [4.69, 9.17) is 16.3 Å². The second-order valence-electron chi connectivity index (χ2n) is 7.46. The molecule has 0 atom stereocenters. The largest absolute Gasteiger partial charge is 0.478 e. The number of ether oxygens (including phenoxy) is 1. The normalized spacial score (nSPS) is 10.8. The maximum Gasteiger partial charge on any atom is 0.336 e. The van der Waals surface area contributed by atoms with Gasteiger partial charge in [0.2, 0.25) is 0 Å². The molecule has 4 aromatic rings. The van der Waals surface area contributed by atoms with Crippen molar-refractivity contribution in [3.63, 3.8) is 0 Å². The molecule has 0 saturated heterocycles. The van der Waals surface area contributed by atoms with Gasteiger partial charge in [0.15, 0.2) is 5.65 Å². The number of aromatic nitrogens is 3. The van der Waals surface area contributed by atoms with E-state index in [0.29, 0.717) is 33.2 Å². The van der Waals surface area contributed by atoms with Crippen LogP contribution >= 0.6 is 11.6 Å². The summed E-state index contributed by atoms with van der Waals surface area (Å²) in [5.41, 5.74) is 5.73. The first-order chi connectivity index (χ1) is 14.8. The van der Waals surface area contributed by atoms with Gasteiger partial charge < -0.3 is 14.8 Å². The van der Waals surface area contributed by atoms with E-state index >= 15 is 0 Å². The Balaban J connectivity index is 1.66. The molecule has 31 heavy (non-hydrogen) atoms. The molecule has 4 rings (SSSR count). The van der Waals surface area contributed by atoms with Gasteiger partial charge in [-0.3, -0.25) is 0 Å². The SMILES string of the molecule is CC(C)=Cc1ccc(-c2nc3nc(Oc4ccc(C)c(C(=O)O)c4)[nH]c3cc2Cl)cc1. The van der Waals surface area contributed by atoms with Crippen LogP contribution in [0, 0.1) is 6.92 Å². The molecule has 0 radical (unpaired) electrons. The Kier molecular flexibility index (Phi) is 5.48. The summed E-state index contributed by atoms with van der Waals surface area (Å²) in [5.74, 6) is -0.649. The third-order valence-electron chi connectivity index (χ3n) is 4.70. The highest BCUT2D eigenvalue weighted by molar-refractivity contribution is 6.33. The number of benzene rings is 2. The molecule has 0 aliphatic heterocycles. The van der Waals surface area contributed by atoms with Crippen LogP contribution in [0.3, 0.4) is 0 Å². The average Bonchev–Trinajstić information content (AvgIpc) is 3.10. The van der Waals surface area contributed by atoms with Crippen molar-refractivity contribution >= 4 is 34.8 Å². The van der Waals surface area contributed by atoms with E-state index in [1.54, 1.807) is 25.1 Å². The third-order valence-corrected chi connectivity index (χ3v) is 4.99. The summed E-state index contributed by atoms with van der Waals surface area (Å²) in [4.78, 5) is 23.3. The molecule has 6 nitrogen and oxygen atoms in total. The first-order valence-electron chi connectivity index (χ1n) is 9.63. The van der Waals surface area contributed by atoms with Crippen LogP contribution in [0.15, 0.2) is 54.1 Å².